The SMILES string of the molecule is COc1ccc(OC[C@@H](O)CN2CCC(c3cn[nH]c3)CC2)cc1. The van der Waals surface area contributed by atoms with Crippen molar-refractivity contribution in [3.8, 4) is 11.5 Å². The predicted octanol–water partition coefficient (Wildman–Crippen LogP) is 2.04. The third kappa shape index (κ3) is 4.49. The second-order valence-electron chi connectivity index (χ2n) is 6.25. The van der Waals surface area contributed by atoms with Crippen LogP contribution in [0.15, 0.2) is 36.7 Å². The van der Waals surface area contributed by atoms with Gasteiger partial charge in [-0.15, -0.1) is 0 Å². The molecule has 6 nitrogen and oxygen atoms in total. The fraction of sp³-hybridized carbons (Fsp3) is 0.500. The number of likely N-dealkylation sites (tertiary alicyclic amines) is 1. The van der Waals surface area contributed by atoms with E-state index < -0.39 is 6.10 Å². The molecule has 2 heterocycles. The summed E-state index contributed by atoms with van der Waals surface area (Å²) in [7, 11) is 1.63. The number of H-pyrrole nitrogens is 1. The van der Waals surface area contributed by atoms with Gasteiger partial charge in [-0.05, 0) is 61.7 Å². The zero-order valence-electron chi connectivity index (χ0n) is 14.0. The highest BCUT2D eigenvalue weighted by Crippen LogP contribution is 2.27. The molecule has 1 aromatic carbocycles. The summed E-state index contributed by atoms with van der Waals surface area (Å²) in [6, 6.07) is 7.40. The minimum Gasteiger partial charge on any atom is -0.497 e. The summed E-state index contributed by atoms with van der Waals surface area (Å²) >= 11 is 0. The number of aromatic nitrogens is 2. The van der Waals surface area contributed by atoms with Crippen LogP contribution in [0.2, 0.25) is 0 Å². The summed E-state index contributed by atoms with van der Waals surface area (Å²) in [6.07, 6.45) is 5.62. The Bertz CT molecular complexity index is 592. The van der Waals surface area contributed by atoms with Gasteiger partial charge in [0.2, 0.25) is 0 Å². The zero-order chi connectivity index (χ0) is 16.8. The van der Waals surface area contributed by atoms with E-state index in [4.69, 9.17) is 9.47 Å². The quantitative estimate of drug-likeness (QED) is 0.812. The van der Waals surface area contributed by atoms with Gasteiger partial charge >= 0.3 is 0 Å². The number of benzene rings is 1. The van der Waals surface area contributed by atoms with Crippen LogP contribution in [-0.2, 0) is 0 Å². The molecule has 6 heteroatoms. The average Bonchev–Trinajstić information content (AvgIpc) is 3.16. The van der Waals surface area contributed by atoms with Gasteiger partial charge in [0.1, 0.15) is 24.2 Å². The van der Waals surface area contributed by atoms with Crippen molar-refractivity contribution in [3.63, 3.8) is 0 Å². The Hall–Kier alpha value is -2.05. The Labute approximate surface area is 142 Å². The maximum Gasteiger partial charge on any atom is 0.119 e. The van der Waals surface area contributed by atoms with Crippen molar-refractivity contribution in [1.82, 2.24) is 15.1 Å². The van der Waals surface area contributed by atoms with E-state index in [9.17, 15) is 5.11 Å². The molecule has 1 saturated heterocycles. The van der Waals surface area contributed by atoms with Gasteiger partial charge in [-0.3, -0.25) is 5.10 Å². The highest BCUT2D eigenvalue weighted by molar-refractivity contribution is 5.31. The monoisotopic (exact) mass is 331 g/mol. The Morgan fingerprint density at radius 2 is 1.96 bits per heavy atom. The fourth-order valence-electron chi connectivity index (χ4n) is 3.15. The molecule has 1 fully saturated rings. The van der Waals surface area contributed by atoms with E-state index in [-0.39, 0.29) is 0 Å². The van der Waals surface area contributed by atoms with Crippen molar-refractivity contribution in [2.45, 2.75) is 24.9 Å². The van der Waals surface area contributed by atoms with E-state index in [1.807, 2.05) is 36.7 Å². The molecule has 0 spiro atoms. The molecule has 1 aliphatic rings. The molecular weight excluding hydrogens is 306 g/mol. The first-order chi connectivity index (χ1) is 11.7. The van der Waals surface area contributed by atoms with E-state index in [1.165, 1.54) is 5.56 Å². The molecule has 0 bridgehead atoms. The summed E-state index contributed by atoms with van der Waals surface area (Å²) < 4.78 is 10.8. The minimum atomic E-state index is -0.488. The standard InChI is InChI=1S/C18H25N3O3/c1-23-17-2-4-18(5-3-17)24-13-16(22)12-21-8-6-14(7-9-21)15-10-19-20-11-15/h2-5,10-11,14,16,22H,6-9,12-13H2,1H3,(H,19,20)/t16-/m0/s1. The first-order valence-electron chi connectivity index (χ1n) is 8.40. The molecule has 0 unspecified atom stereocenters. The van der Waals surface area contributed by atoms with E-state index >= 15 is 0 Å². The number of ether oxygens (including phenoxy) is 2. The first kappa shape index (κ1) is 16.8. The molecule has 0 radical (unpaired) electrons. The number of hydrogen-bond donors (Lipinski definition) is 2. The molecular formula is C18H25N3O3. The molecule has 0 saturated carbocycles. The summed E-state index contributed by atoms with van der Waals surface area (Å²) in [5.74, 6) is 2.12. The van der Waals surface area contributed by atoms with Gasteiger partial charge in [0.05, 0.1) is 13.3 Å². The molecule has 2 N–H and O–H groups in total. The maximum absolute atomic E-state index is 10.2. The van der Waals surface area contributed by atoms with Gasteiger partial charge < -0.3 is 19.5 Å². The number of aliphatic hydroxyl groups excluding tert-OH is 1. The lowest BCUT2D eigenvalue weighted by Crippen LogP contribution is -2.40. The Balaban J connectivity index is 1.38. The number of nitrogens with zero attached hydrogens (tertiary/aromatic N) is 2. The summed E-state index contributed by atoms with van der Waals surface area (Å²) in [5.41, 5.74) is 1.29. The Kier molecular flexibility index (Phi) is 5.72. The topological polar surface area (TPSA) is 70.6 Å². The van der Waals surface area contributed by atoms with Crippen LogP contribution in [0.3, 0.4) is 0 Å². The van der Waals surface area contributed by atoms with Crippen LogP contribution in [0.25, 0.3) is 0 Å². The average molecular weight is 331 g/mol. The van der Waals surface area contributed by atoms with E-state index in [2.05, 4.69) is 15.1 Å². The van der Waals surface area contributed by atoms with Gasteiger partial charge in [-0.1, -0.05) is 0 Å². The van der Waals surface area contributed by atoms with Crippen molar-refractivity contribution in [1.29, 1.82) is 0 Å². The van der Waals surface area contributed by atoms with Crippen LogP contribution in [0.4, 0.5) is 0 Å². The number of aliphatic hydroxyl groups is 1. The lowest BCUT2D eigenvalue weighted by molar-refractivity contribution is 0.0594. The second kappa shape index (κ2) is 8.17. The second-order valence-corrected chi connectivity index (χ2v) is 6.25. The van der Waals surface area contributed by atoms with E-state index in [1.54, 1.807) is 7.11 Å². The third-order valence-corrected chi connectivity index (χ3v) is 4.55. The highest BCUT2D eigenvalue weighted by Gasteiger charge is 2.22. The fourth-order valence-corrected chi connectivity index (χ4v) is 3.15. The molecule has 130 valence electrons. The minimum absolute atomic E-state index is 0.300. The predicted molar refractivity (Wildman–Crippen MR) is 91.5 cm³/mol. The lowest BCUT2D eigenvalue weighted by atomic mass is 9.91. The third-order valence-electron chi connectivity index (χ3n) is 4.55. The molecule has 2 aromatic rings. The van der Waals surface area contributed by atoms with E-state index in [0.29, 0.717) is 19.1 Å². The van der Waals surface area contributed by atoms with Gasteiger partial charge in [0.15, 0.2) is 0 Å². The summed E-state index contributed by atoms with van der Waals surface area (Å²) in [4.78, 5) is 2.30. The largest absolute Gasteiger partial charge is 0.497 e. The molecule has 3 rings (SSSR count). The maximum atomic E-state index is 10.2. The van der Waals surface area contributed by atoms with Crippen LogP contribution in [0.1, 0.15) is 24.3 Å². The van der Waals surface area contributed by atoms with Crippen LogP contribution in [0, 0.1) is 0 Å². The number of methoxy groups -OCH3 is 1. The molecule has 1 atom stereocenters. The Morgan fingerprint density at radius 1 is 1.25 bits per heavy atom. The molecule has 1 aliphatic heterocycles. The van der Waals surface area contributed by atoms with Gasteiger partial charge in [0.25, 0.3) is 0 Å². The molecule has 24 heavy (non-hydrogen) atoms. The zero-order valence-corrected chi connectivity index (χ0v) is 14.0. The van der Waals surface area contributed by atoms with Crippen LogP contribution in [-0.4, -0.2) is 59.7 Å². The first-order valence-corrected chi connectivity index (χ1v) is 8.40. The van der Waals surface area contributed by atoms with Crippen molar-refractivity contribution in [2.75, 3.05) is 33.4 Å². The van der Waals surface area contributed by atoms with Crippen molar-refractivity contribution < 1.29 is 14.6 Å². The number of piperidine rings is 1. The van der Waals surface area contributed by atoms with Crippen LogP contribution >= 0.6 is 0 Å². The Morgan fingerprint density at radius 3 is 2.58 bits per heavy atom. The lowest BCUT2D eigenvalue weighted by Gasteiger charge is -2.32. The van der Waals surface area contributed by atoms with Crippen LogP contribution in [0.5, 0.6) is 11.5 Å². The molecule has 0 aliphatic carbocycles. The number of aromatic amines is 1. The van der Waals surface area contributed by atoms with Crippen molar-refractivity contribution >= 4 is 0 Å². The molecule has 1 aromatic heterocycles. The van der Waals surface area contributed by atoms with Crippen molar-refractivity contribution in [2.24, 2.45) is 0 Å². The van der Waals surface area contributed by atoms with Gasteiger partial charge in [-0.25, -0.2) is 0 Å². The van der Waals surface area contributed by atoms with E-state index in [0.717, 1.165) is 37.4 Å². The van der Waals surface area contributed by atoms with Gasteiger partial charge in [0, 0.05) is 12.7 Å². The normalized spacial score (nSPS) is 17.6. The van der Waals surface area contributed by atoms with Gasteiger partial charge in [-0.2, -0.15) is 5.10 Å². The summed E-state index contributed by atoms with van der Waals surface area (Å²) in [6.45, 7) is 2.94. The molecule has 0 amide bonds. The summed E-state index contributed by atoms with van der Waals surface area (Å²) in [5, 5.41) is 17.1. The number of β-amino-alcohol motifs (C(OH)–C–C–N with tert-alkyl or cyclic N) is 1. The smallest absolute Gasteiger partial charge is 0.119 e. The van der Waals surface area contributed by atoms with Crippen molar-refractivity contribution in [3.05, 3.63) is 42.2 Å². The number of rotatable bonds is 7. The number of hydrogen-bond acceptors (Lipinski definition) is 5. The van der Waals surface area contributed by atoms with Crippen LogP contribution < -0.4 is 9.47 Å². The number of nitrogens with one attached hydrogen (secondary N) is 1. The highest BCUT2D eigenvalue weighted by atomic mass is 16.5.